The summed E-state index contributed by atoms with van der Waals surface area (Å²) < 4.78 is 0. The zero-order valence-electron chi connectivity index (χ0n) is 8.66. The van der Waals surface area contributed by atoms with E-state index >= 15 is 0 Å². The number of Topliss-reactive ketones (excluding diaryl/α,β-unsaturated/α-hetero) is 1. The minimum Gasteiger partial charge on any atom is -0.298 e. The largest absolute Gasteiger partial charge is 0.298 e. The van der Waals surface area contributed by atoms with Crippen molar-refractivity contribution in [1.29, 1.82) is 0 Å². The van der Waals surface area contributed by atoms with Crippen LogP contribution in [0.15, 0.2) is 30.3 Å². The summed E-state index contributed by atoms with van der Waals surface area (Å²) in [6, 6.07) is 10.5. The average molecular weight is 223 g/mol. The fraction of sp³-hybridized carbons (Fsp3) is 0.462. The minimum atomic E-state index is 0.183. The number of alkyl halides is 1. The first-order chi connectivity index (χ1) is 7.29. The molecule has 15 heavy (non-hydrogen) atoms. The third-order valence-electron chi connectivity index (χ3n) is 3.19. The highest BCUT2D eigenvalue weighted by atomic mass is 35.5. The third kappa shape index (κ3) is 2.60. The Morgan fingerprint density at radius 1 is 1.27 bits per heavy atom. The van der Waals surface area contributed by atoms with E-state index in [0.717, 1.165) is 19.3 Å². The van der Waals surface area contributed by atoms with Gasteiger partial charge in [0.2, 0.25) is 0 Å². The monoisotopic (exact) mass is 222 g/mol. The van der Waals surface area contributed by atoms with E-state index < -0.39 is 0 Å². The first-order valence-electron chi connectivity index (χ1n) is 5.42. The van der Waals surface area contributed by atoms with Crippen LogP contribution in [0.5, 0.6) is 0 Å². The maximum Gasteiger partial charge on any atom is 0.150 e. The smallest absolute Gasteiger partial charge is 0.150 e. The lowest BCUT2D eigenvalue weighted by Gasteiger charge is -2.34. The molecule has 0 atom stereocenters. The van der Waals surface area contributed by atoms with E-state index in [9.17, 15) is 4.79 Å². The Kier molecular flexibility index (Phi) is 3.42. The van der Waals surface area contributed by atoms with Crippen LogP contribution in [0.4, 0.5) is 0 Å². The fourth-order valence-electron chi connectivity index (χ4n) is 2.22. The van der Waals surface area contributed by atoms with E-state index in [1.165, 1.54) is 5.56 Å². The molecule has 1 saturated carbocycles. The van der Waals surface area contributed by atoms with Crippen molar-refractivity contribution in [2.75, 3.05) is 5.88 Å². The van der Waals surface area contributed by atoms with Crippen LogP contribution < -0.4 is 0 Å². The summed E-state index contributed by atoms with van der Waals surface area (Å²) in [5.74, 6) is 1.34. The zero-order chi connectivity index (χ0) is 10.7. The van der Waals surface area contributed by atoms with Crippen LogP contribution in [-0.2, 0) is 11.2 Å². The van der Waals surface area contributed by atoms with Crippen LogP contribution in [0.1, 0.15) is 18.4 Å². The molecule has 80 valence electrons. The molecule has 0 N–H and O–H groups in total. The molecule has 2 rings (SSSR count). The lowest BCUT2D eigenvalue weighted by molar-refractivity contribution is -0.124. The molecule has 0 aliphatic heterocycles. The predicted octanol–water partition coefficient (Wildman–Crippen LogP) is 3.06. The first-order valence-corrected chi connectivity index (χ1v) is 5.95. The summed E-state index contributed by atoms with van der Waals surface area (Å²) in [6.07, 6.45) is 3.16. The van der Waals surface area contributed by atoms with Gasteiger partial charge in [-0.1, -0.05) is 30.3 Å². The van der Waals surface area contributed by atoms with Crippen molar-refractivity contribution in [1.82, 2.24) is 0 Å². The van der Waals surface area contributed by atoms with Crippen LogP contribution in [0, 0.1) is 11.8 Å². The molecule has 0 aromatic heterocycles. The molecular formula is C13H15ClO. The molecule has 0 amide bonds. The summed E-state index contributed by atoms with van der Waals surface area (Å²) in [6.45, 7) is 0. The van der Waals surface area contributed by atoms with Crippen molar-refractivity contribution in [3.63, 3.8) is 0 Å². The number of carbonyl (C=O) groups excluding carboxylic acids is 1. The van der Waals surface area contributed by atoms with Gasteiger partial charge in [0, 0.05) is 5.92 Å². The molecule has 0 radical (unpaired) electrons. The van der Waals surface area contributed by atoms with E-state index in [1.807, 2.05) is 6.07 Å². The summed E-state index contributed by atoms with van der Waals surface area (Å²) in [7, 11) is 0. The van der Waals surface area contributed by atoms with Gasteiger partial charge < -0.3 is 0 Å². The lowest BCUT2D eigenvalue weighted by Crippen LogP contribution is -2.32. The number of ketones is 1. The zero-order valence-corrected chi connectivity index (χ0v) is 9.41. The number of benzene rings is 1. The molecular weight excluding hydrogens is 208 g/mol. The van der Waals surface area contributed by atoms with E-state index in [-0.39, 0.29) is 17.6 Å². The average Bonchev–Trinajstić information content (AvgIpc) is 2.23. The summed E-state index contributed by atoms with van der Waals surface area (Å²) in [5.41, 5.74) is 1.37. The van der Waals surface area contributed by atoms with Crippen molar-refractivity contribution < 1.29 is 4.79 Å². The van der Waals surface area contributed by atoms with Crippen molar-refractivity contribution >= 4 is 17.4 Å². The molecule has 1 aliphatic carbocycles. The second kappa shape index (κ2) is 4.80. The standard InChI is InChI=1S/C13H15ClO/c14-9-13(15)12-7-11(8-12)6-10-4-2-1-3-5-10/h1-5,11-12H,6-9H2. The van der Waals surface area contributed by atoms with Crippen molar-refractivity contribution in [2.24, 2.45) is 11.8 Å². The van der Waals surface area contributed by atoms with Crippen LogP contribution in [0.2, 0.25) is 0 Å². The SMILES string of the molecule is O=C(CCl)C1CC(Cc2ccccc2)C1. The maximum atomic E-state index is 11.3. The van der Waals surface area contributed by atoms with E-state index in [4.69, 9.17) is 11.6 Å². The molecule has 1 fully saturated rings. The van der Waals surface area contributed by atoms with Gasteiger partial charge in [-0.2, -0.15) is 0 Å². The second-order valence-corrected chi connectivity index (χ2v) is 4.59. The Labute approximate surface area is 95.4 Å². The highest BCUT2D eigenvalue weighted by molar-refractivity contribution is 6.27. The second-order valence-electron chi connectivity index (χ2n) is 4.32. The fourth-order valence-corrected chi connectivity index (χ4v) is 2.44. The topological polar surface area (TPSA) is 17.1 Å². The maximum absolute atomic E-state index is 11.3. The van der Waals surface area contributed by atoms with Crippen molar-refractivity contribution in [2.45, 2.75) is 19.3 Å². The Morgan fingerprint density at radius 2 is 1.93 bits per heavy atom. The molecule has 1 nitrogen and oxygen atoms in total. The van der Waals surface area contributed by atoms with E-state index in [0.29, 0.717) is 5.92 Å². The highest BCUT2D eigenvalue weighted by Crippen LogP contribution is 2.36. The first kappa shape index (κ1) is 10.7. The Morgan fingerprint density at radius 3 is 2.53 bits per heavy atom. The predicted molar refractivity (Wildman–Crippen MR) is 62.1 cm³/mol. The number of rotatable bonds is 4. The van der Waals surface area contributed by atoms with Gasteiger partial charge in [0.05, 0.1) is 5.88 Å². The Balaban J connectivity index is 1.79. The summed E-state index contributed by atoms with van der Waals surface area (Å²) >= 11 is 5.52. The van der Waals surface area contributed by atoms with Crippen molar-refractivity contribution in [3.05, 3.63) is 35.9 Å². The van der Waals surface area contributed by atoms with Crippen LogP contribution in [0.25, 0.3) is 0 Å². The van der Waals surface area contributed by atoms with Gasteiger partial charge in [0.1, 0.15) is 0 Å². The summed E-state index contributed by atoms with van der Waals surface area (Å²) in [4.78, 5) is 11.3. The van der Waals surface area contributed by atoms with Gasteiger partial charge in [0.15, 0.2) is 5.78 Å². The van der Waals surface area contributed by atoms with E-state index in [2.05, 4.69) is 24.3 Å². The van der Waals surface area contributed by atoms with Crippen molar-refractivity contribution in [3.8, 4) is 0 Å². The van der Waals surface area contributed by atoms with Crippen LogP contribution >= 0.6 is 11.6 Å². The molecule has 0 spiro atoms. The van der Waals surface area contributed by atoms with Gasteiger partial charge in [-0.3, -0.25) is 4.79 Å². The quantitative estimate of drug-likeness (QED) is 0.716. The van der Waals surface area contributed by atoms with Gasteiger partial charge in [0.25, 0.3) is 0 Å². The molecule has 2 heteroatoms. The molecule has 1 aromatic carbocycles. The number of hydrogen-bond donors (Lipinski definition) is 0. The van der Waals surface area contributed by atoms with Gasteiger partial charge in [-0.05, 0) is 30.7 Å². The normalized spacial score (nSPS) is 24.6. The van der Waals surface area contributed by atoms with Gasteiger partial charge >= 0.3 is 0 Å². The molecule has 0 saturated heterocycles. The third-order valence-corrected chi connectivity index (χ3v) is 3.45. The summed E-state index contributed by atoms with van der Waals surface area (Å²) in [5, 5.41) is 0. The van der Waals surface area contributed by atoms with Gasteiger partial charge in [-0.15, -0.1) is 11.6 Å². The van der Waals surface area contributed by atoms with E-state index in [1.54, 1.807) is 0 Å². The Hall–Kier alpha value is -0.820. The molecule has 1 aromatic rings. The lowest BCUT2D eigenvalue weighted by atomic mass is 9.70. The number of hydrogen-bond acceptors (Lipinski definition) is 1. The van der Waals surface area contributed by atoms with Gasteiger partial charge in [-0.25, -0.2) is 0 Å². The highest BCUT2D eigenvalue weighted by Gasteiger charge is 2.33. The number of carbonyl (C=O) groups is 1. The van der Waals surface area contributed by atoms with Crippen LogP contribution in [0.3, 0.4) is 0 Å². The molecule has 0 unspecified atom stereocenters. The molecule has 0 bridgehead atoms. The molecule has 1 aliphatic rings. The Bertz CT molecular complexity index is 328. The molecule has 0 heterocycles. The minimum absolute atomic E-state index is 0.183. The number of halogens is 1. The van der Waals surface area contributed by atoms with Crippen LogP contribution in [-0.4, -0.2) is 11.7 Å².